The minimum atomic E-state index is -0.705. The highest BCUT2D eigenvalue weighted by molar-refractivity contribution is 8.41. The molecule has 0 radical (unpaired) electrons. The Kier molecular flexibility index (Phi) is 8.82. The van der Waals surface area contributed by atoms with Crippen molar-refractivity contribution in [3.8, 4) is 0 Å². The topological polar surface area (TPSA) is 52.3 Å². The van der Waals surface area contributed by atoms with Gasteiger partial charge in [-0.3, -0.25) is 4.79 Å². The number of carbonyl (C=O) groups excluding carboxylic acids is 1. The highest BCUT2D eigenvalue weighted by Gasteiger charge is 2.04. The van der Waals surface area contributed by atoms with Crippen molar-refractivity contribution in [3.05, 3.63) is 0 Å². The van der Waals surface area contributed by atoms with Crippen LogP contribution < -0.4 is 5.73 Å². The Morgan fingerprint density at radius 2 is 2.00 bits per heavy atom. The van der Waals surface area contributed by atoms with Gasteiger partial charge in [0.2, 0.25) is 0 Å². The van der Waals surface area contributed by atoms with E-state index in [1.165, 1.54) is 0 Å². The molecular weight excluding hydrogens is 211 g/mol. The van der Waals surface area contributed by atoms with Crippen LogP contribution >= 0.6 is 25.4 Å². The standard InChI is InChI=1S/C6H16NO2P3/c7-5-3-1-2-4-6(8)9-12(10)11/h1-5,7,10-11H2. The number of hydrogen-bond donors (Lipinski definition) is 1. The van der Waals surface area contributed by atoms with Gasteiger partial charge in [-0.2, -0.15) is 0 Å². The van der Waals surface area contributed by atoms with Gasteiger partial charge >= 0.3 is 5.97 Å². The third-order valence-corrected chi connectivity index (χ3v) is 2.34. The first-order valence-electron chi connectivity index (χ1n) is 3.87. The lowest BCUT2D eigenvalue weighted by Crippen LogP contribution is -2.00. The average molecular weight is 227 g/mol. The van der Waals surface area contributed by atoms with Crippen molar-refractivity contribution in [2.24, 2.45) is 5.73 Å². The molecule has 0 bridgehead atoms. The van der Waals surface area contributed by atoms with Crippen LogP contribution in [-0.2, 0) is 9.32 Å². The molecule has 6 heteroatoms. The zero-order chi connectivity index (χ0) is 9.40. The van der Waals surface area contributed by atoms with E-state index in [-0.39, 0.29) is 5.97 Å². The summed E-state index contributed by atoms with van der Waals surface area (Å²) < 4.78 is 4.95. The molecule has 0 saturated heterocycles. The van der Waals surface area contributed by atoms with E-state index >= 15 is 0 Å². The number of hydrogen-bond acceptors (Lipinski definition) is 3. The molecule has 72 valence electrons. The van der Waals surface area contributed by atoms with Gasteiger partial charge < -0.3 is 10.3 Å². The average Bonchev–Trinajstić information content (AvgIpc) is 1.97. The van der Waals surface area contributed by atoms with Crippen molar-refractivity contribution < 1.29 is 9.32 Å². The first-order chi connectivity index (χ1) is 5.66. The molecule has 0 fully saturated rings. The van der Waals surface area contributed by atoms with Gasteiger partial charge in [0, 0.05) is 6.42 Å². The molecule has 0 saturated carbocycles. The molecule has 12 heavy (non-hydrogen) atoms. The van der Waals surface area contributed by atoms with E-state index in [9.17, 15) is 4.79 Å². The third-order valence-electron chi connectivity index (χ3n) is 1.29. The normalized spacial score (nSPS) is 10.3. The maximum atomic E-state index is 11.0. The van der Waals surface area contributed by atoms with Crippen LogP contribution in [0.4, 0.5) is 0 Å². The minimum absolute atomic E-state index is 0.108. The Hall–Kier alpha value is 0.720. The van der Waals surface area contributed by atoms with Gasteiger partial charge in [-0.25, -0.2) is 0 Å². The molecule has 2 unspecified atom stereocenters. The molecular formula is C6H16NO2P3. The summed E-state index contributed by atoms with van der Waals surface area (Å²) in [7, 11) is 4.20. The smallest absolute Gasteiger partial charge is 0.309 e. The second kappa shape index (κ2) is 8.32. The van der Waals surface area contributed by atoms with Gasteiger partial charge in [-0.05, 0) is 19.4 Å². The van der Waals surface area contributed by atoms with E-state index < -0.39 is 7.53 Å². The van der Waals surface area contributed by atoms with Crippen molar-refractivity contribution in [2.75, 3.05) is 6.54 Å². The predicted octanol–water partition coefficient (Wildman–Crippen LogP) is 2.03. The zero-order valence-corrected chi connectivity index (χ0v) is 10.2. The largest absolute Gasteiger partial charge is 0.437 e. The second-order valence-corrected chi connectivity index (χ2v) is 8.17. The minimum Gasteiger partial charge on any atom is -0.437 e. The molecule has 0 aliphatic heterocycles. The predicted molar refractivity (Wildman–Crippen MR) is 60.0 cm³/mol. The molecule has 0 spiro atoms. The molecule has 0 heterocycles. The molecule has 3 nitrogen and oxygen atoms in total. The van der Waals surface area contributed by atoms with Crippen molar-refractivity contribution in [1.29, 1.82) is 0 Å². The molecule has 0 aliphatic carbocycles. The fraction of sp³-hybridized carbons (Fsp3) is 0.833. The first kappa shape index (κ1) is 12.7. The maximum Gasteiger partial charge on any atom is 0.309 e. The molecule has 0 aromatic carbocycles. The monoisotopic (exact) mass is 227 g/mol. The maximum absolute atomic E-state index is 11.0. The number of nitrogens with two attached hydrogens (primary N) is 1. The van der Waals surface area contributed by atoms with Crippen LogP contribution in [0.5, 0.6) is 0 Å². The lowest BCUT2D eigenvalue weighted by atomic mass is 10.2. The van der Waals surface area contributed by atoms with Gasteiger partial charge in [0.25, 0.3) is 0 Å². The molecule has 0 aromatic rings. The fourth-order valence-corrected chi connectivity index (χ4v) is 1.79. The van der Waals surface area contributed by atoms with E-state index in [2.05, 4.69) is 17.9 Å². The summed E-state index contributed by atoms with van der Waals surface area (Å²) in [6.45, 7) is 0.703. The third kappa shape index (κ3) is 8.81. The van der Waals surface area contributed by atoms with Gasteiger partial charge in [0.15, 0.2) is 0 Å². The van der Waals surface area contributed by atoms with Crippen LogP contribution in [0.15, 0.2) is 0 Å². The van der Waals surface area contributed by atoms with Gasteiger partial charge in [0.05, 0.1) is 0 Å². The van der Waals surface area contributed by atoms with Crippen molar-refractivity contribution in [2.45, 2.75) is 25.7 Å². The molecule has 0 aromatic heterocycles. The first-order valence-corrected chi connectivity index (χ1v) is 8.37. The van der Waals surface area contributed by atoms with Crippen molar-refractivity contribution in [1.82, 2.24) is 0 Å². The van der Waals surface area contributed by atoms with Gasteiger partial charge in [0.1, 0.15) is 7.53 Å². The summed E-state index contributed by atoms with van der Waals surface area (Å²) >= 11 is 0. The summed E-state index contributed by atoms with van der Waals surface area (Å²) in [4.78, 5) is 11.0. The number of carbonyl (C=O) groups is 1. The molecule has 2 N–H and O–H groups in total. The van der Waals surface area contributed by atoms with Crippen LogP contribution in [0, 0.1) is 0 Å². The molecule has 0 aliphatic rings. The Morgan fingerprint density at radius 1 is 1.33 bits per heavy atom. The van der Waals surface area contributed by atoms with E-state index in [0.29, 0.717) is 13.0 Å². The number of unbranched alkanes of at least 4 members (excludes halogenated alkanes) is 2. The highest BCUT2D eigenvalue weighted by Crippen LogP contribution is 2.53. The van der Waals surface area contributed by atoms with E-state index in [1.807, 2.05) is 0 Å². The summed E-state index contributed by atoms with van der Waals surface area (Å²) in [6, 6.07) is 0. The van der Waals surface area contributed by atoms with Crippen molar-refractivity contribution in [3.63, 3.8) is 0 Å². The van der Waals surface area contributed by atoms with Gasteiger partial charge in [-0.1, -0.05) is 24.3 Å². The van der Waals surface area contributed by atoms with Crippen molar-refractivity contribution >= 4 is 31.4 Å². The number of rotatable bonds is 6. The van der Waals surface area contributed by atoms with Gasteiger partial charge in [-0.15, -0.1) is 0 Å². The second-order valence-electron chi connectivity index (χ2n) is 2.42. The van der Waals surface area contributed by atoms with Crippen LogP contribution in [-0.4, -0.2) is 12.5 Å². The zero-order valence-electron chi connectivity index (χ0n) is 7.03. The van der Waals surface area contributed by atoms with Crippen LogP contribution in [0.1, 0.15) is 25.7 Å². The quantitative estimate of drug-likeness (QED) is 0.557. The lowest BCUT2D eigenvalue weighted by Gasteiger charge is -2.05. The fourth-order valence-electron chi connectivity index (χ4n) is 0.754. The summed E-state index contributed by atoms with van der Waals surface area (Å²) in [6.07, 6.45) is 3.40. The molecule has 0 amide bonds. The SMILES string of the molecule is NCCCCCC(=O)OP(P)P. The van der Waals surface area contributed by atoms with E-state index in [4.69, 9.17) is 10.3 Å². The van der Waals surface area contributed by atoms with Crippen LogP contribution in [0.3, 0.4) is 0 Å². The molecule has 0 rings (SSSR count). The summed E-state index contributed by atoms with van der Waals surface area (Å²) in [5.74, 6) is -0.108. The lowest BCUT2D eigenvalue weighted by molar-refractivity contribution is -0.133. The van der Waals surface area contributed by atoms with Crippen LogP contribution in [0.25, 0.3) is 0 Å². The Morgan fingerprint density at radius 3 is 2.50 bits per heavy atom. The summed E-state index contributed by atoms with van der Waals surface area (Å²) in [5.41, 5.74) is 5.31. The van der Waals surface area contributed by atoms with E-state index in [0.717, 1.165) is 19.3 Å². The Bertz CT molecular complexity index is 132. The molecule has 2 atom stereocenters. The Labute approximate surface area is 79.2 Å². The highest BCUT2D eigenvalue weighted by atomic mass is 32.4. The Balaban J connectivity index is 3.20. The van der Waals surface area contributed by atoms with E-state index in [1.54, 1.807) is 0 Å². The summed E-state index contributed by atoms with van der Waals surface area (Å²) in [5, 5.41) is 0. The van der Waals surface area contributed by atoms with Crippen LogP contribution in [0.2, 0.25) is 0 Å².